The van der Waals surface area contributed by atoms with Gasteiger partial charge in [-0.05, 0) is 69.1 Å². The molecule has 0 aliphatic rings. The summed E-state index contributed by atoms with van der Waals surface area (Å²) >= 11 is 0. The monoisotopic (exact) mass is 488 g/mol. The van der Waals surface area contributed by atoms with Gasteiger partial charge in [-0.25, -0.2) is 0 Å². The van der Waals surface area contributed by atoms with Crippen molar-refractivity contribution in [3.63, 3.8) is 0 Å². The van der Waals surface area contributed by atoms with Crippen molar-refractivity contribution in [2.75, 3.05) is 10.6 Å². The minimum Gasteiger partial charge on any atom is -0.355 e. The zero-order valence-corrected chi connectivity index (χ0v) is 21.1. The van der Waals surface area contributed by atoms with Gasteiger partial charge in [-0.1, -0.05) is 110 Å². The lowest BCUT2D eigenvalue weighted by molar-refractivity contribution is 1.53. The van der Waals surface area contributed by atoms with Crippen LogP contribution in [0.4, 0.5) is 22.7 Å². The Labute approximate surface area is 223 Å². The third-order valence-corrected chi connectivity index (χ3v) is 6.96. The molecule has 38 heavy (non-hydrogen) atoms. The van der Waals surface area contributed by atoms with Crippen molar-refractivity contribution in [1.82, 2.24) is 0 Å². The largest absolute Gasteiger partial charge is 0.355 e. The smallest absolute Gasteiger partial charge is 0.0471 e. The van der Waals surface area contributed by atoms with Gasteiger partial charge in [0.05, 0.1) is 0 Å². The van der Waals surface area contributed by atoms with Crippen LogP contribution in [-0.2, 0) is 0 Å². The van der Waals surface area contributed by atoms with Gasteiger partial charge >= 0.3 is 0 Å². The normalized spacial score (nSPS) is 10.8. The van der Waals surface area contributed by atoms with Gasteiger partial charge in [-0.3, -0.25) is 0 Å². The van der Waals surface area contributed by atoms with Gasteiger partial charge in [0, 0.05) is 33.9 Å². The molecule has 0 fully saturated rings. The summed E-state index contributed by atoms with van der Waals surface area (Å²) in [5, 5.41) is 12.2. The Kier molecular flexibility index (Phi) is 6.21. The summed E-state index contributed by atoms with van der Waals surface area (Å²) < 4.78 is 0. The maximum atomic E-state index is 3.88. The summed E-state index contributed by atoms with van der Waals surface area (Å²) in [5.41, 5.74) is 8.68. The molecule has 0 unspecified atom stereocenters. The molecule has 0 saturated heterocycles. The number of hydrogen-bond donors (Lipinski definition) is 2. The molecule has 0 heterocycles. The number of anilines is 4. The van der Waals surface area contributed by atoms with Crippen LogP contribution in [0.15, 0.2) is 134 Å². The predicted molar refractivity (Wildman–Crippen MR) is 167 cm³/mol. The molecule has 2 heteroatoms. The Bertz CT molecular complexity index is 1640. The summed E-state index contributed by atoms with van der Waals surface area (Å²) in [6.07, 6.45) is 3.72. The van der Waals surface area contributed by atoms with Gasteiger partial charge < -0.3 is 10.6 Å². The Hall–Kier alpha value is -5.08. The van der Waals surface area contributed by atoms with Crippen LogP contribution >= 0.6 is 0 Å². The first-order chi connectivity index (χ1) is 18.7. The third kappa shape index (κ3) is 4.44. The van der Waals surface area contributed by atoms with Crippen LogP contribution in [0.2, 0.25) is 0 Å². The standard InChI is InChI=1S/C36H28N2/c1-3-25-13-19-29(20-14-25)37-33-23-17-27-9-5-7-11-31(27)35(33)36-32-12-8-6-10-28(32)18-24-34(36)38-30-21-15-26(4-2)16-22-30/h3-24,37-38H,1-2H2. The second kappa shape index (κ2) is 10.1. The van der Waals surface area contributed by atoms with Gasteiger partial charge in [0.15, 0.2) is 0 Å². The van der Waals surface area contributed by atoms with Gasteiger partial charge in [0.2, 0.25) is 0 Å². The van der Waals surface area contributed by atoms with Crippen molar-refractivity contribution in [3.8, 4) is 11.1 Å². The minimum atomic E-state index is 1.03. The molecule has 6 rings (SSSR count). The molecule has 6 aromatic carbocycles. The van der Waals surface area contributed by atoms with Crippen LogP contribution in [0.25, 0.3) is 44.8 Å². The SMILES string of the molecule is C=Cc1ccc(Nc2ccc3ccccc3c2-c2c(Nc3ccc(C=C)cc3)ccc3ccccc23)cc1. The molecule has 6 aromatic rings. The fraction of sp³-hybridized carbons (Fsp3) is 0. The summed E-state index contributed by atoms with van der Waals surface area (Å²) in [7, 11) is 0. The first kappa shape index (κ1) is 23.3. The summed E-state index contributed by atoms with van der Waals surface area (Å²) in [6, 6.07) is 42.6. The van der Waals surface area contributed by atoms with Crippen molar-refractivity contribution in [2.45, 2.75) is 0 Å². The number of fused-ring (bicyclic) bond motifs is 2. The zero-order valence-electron chi connectivity index (χ0n) is 21.1. The van der Waals surface area contributed by atoms with E-state index in [4.69, 9.17) is 0 Å². The molecule has 2 nitrogen and oxygen atoms in total. The second-order valence-corrected chi connectivity index (χ2v) is 9.32. The van der Waals surface area contributed by atoms with Crippen LogP contribution in [0.1, 0.15) is 11.1 Å². The van der Waals surface area contributed by atoms with Crippen molar-refractivity contribution in [2.24, 2.45) is 0 Å². The first-order valence-electron chi connectivity index (χ1n) is 12.8. The Morgan fingerprint density at radius 1 is 0.421 bits per heavy atom. The first-order valence-corrected chi connectivity index (χ1v) is 12.8. The highest BCUT2D eigenvalue weighted by Gasteiger charge is 2.17. The molecule has 0 radical (unpaired) electrons. The van der Waals surface area contributed by atoms with Crippen molar-refractivity contribution in [3.05, 3.63) is 146 Å². The van der Waals surface area contributed by atoms with Crippen LogP contribution in [0.5, 0.6) is 0 Å². The Morgan fingerprint density at radius 2 is 0.816 bits per heavy atom. The number of hydrogen-bond acceptors (Lipinski definition) is 2. The molecule has 0 saturated carbocycles. The Morgan fingerprint density at radius 3 is 1.21 bits per heavy atom. The average Bonchev–Trinajstić information content (AvgIpc) is 2.98. The highest BCUT2D eigenvalue weighted by Crippen LogP contribution is 2.45. The van der Waals surface area contributed by atoms with E-state index in [9.17, 15) is 0 Å². The summed E-state index contributed by atoms with van der Waals surface area (Å²) in [4.78, 5) is 0. The lowest BCUT2D eigenvalue weighted by Gasteiger charge is -2.21. The topological polar surface area (TPSA) is 24.1 Å². The minimum absolute atomic E-state index is 1.03. The lowest BCUT2D eigenvalue weighted by atomic mass is 9.90. The van der Waals surface area contributed by atoms with Crippen LogP contribution in [-0.4, -0.2) is 0 Å². The third-order valence-electron chi connectivity index (χ3n) is 6.96. The molecule has 0 aliphatic heterocycles. The van der Waals surface area contributed by atoms with E-state index in [2.05, 4.69) is 145 Å². The zero-order chi connectivity index (χ0) is 25.9. The van der Waals surface area contributed by atoms with E-state index >= 15 is 0 Å². The van der Waals surface area contributed by atoms with E-state index in [1.54, 1.807) is 0 Å². The molecule has 2 N–H and O–H groups in total. The van der Waals surface area contributed by atoms with E-state index in [0.717, 1.165) is 45.0 Å². The highest BCUT2D eigenvalue weighted by molar-refractivity contribution is 6.14. The molecule has 0 atom stereocenters. The molecule has 0 spiro atoms. The van der Waals surface area contributed by atoms with Gasteiger partial charge in [-0.2, -0.15) is 0 Å². The van der Waals surface area contributed by atoms with Crippen LogP contribution in [0, 0.1) is 0 Å². The lowest BCUT2D eigenvalue weighted by Crippen LogP contribution is -1.99. The molecule has 0 amide bonds. The maximum absolute atomic E-state index is 3.88. The molecular formula is C36H28N2. The maximum Gasteiger partial charge on any atom is 0.0471 e. The molecule has 0 bridgehead atoms. The molecule has 0 aliphatic carbocycles. The number of benzene rings is 6. The Balaban J connectivity index is 1.59. The average molecular weight is 489 g/mol. The van der Waals surface area contributed by atoms with Crippen molar-refractivity contribution >= 4 is 56.4 Å². The van der Waals surface area contributed by atoms with Crippen LogP contribution < -0.4 is 10.6 Å². The molecule has 0 aromatic heterocycles. The van der Waals surface area contributed by atoms with Crippen molar-refractivity contribution < 1.29 is 0 Å². The predicted octanol–water partition coefficient (Wildman–Crippen LogP) is 10.4. The quantitative estimate of drug-likeness (QED) is 0.233. The van der Waals surface area contributed by atoms with Crippen molar-refractivity contribution in [1.29, 1.82) is 0 Å². The fourth-order valence-electron chi connectivity index (χ4n) is 5.01. The van der Waals surface area contributed by atoms with E-state index in [1.165, 1.54) is 21.5 Å². The molecule has 182 valence electrons. The van der Waals surface area contributed by atoms with Gasteiger partial charge in [0.1, 0.15) is 0 Å². The van der Waals surface area contributed by atoms with E-state index in [1.807, 2.05) is 12.2 Å². The number of rotatable bonds is 7. The van der Waals surface area contributed by atoms with Crippen LogP contribution in [0.3, 0.4) is 0 Å². The molecular weight excluding hydrogens is 460 g/mol. The fourth-order valence-corrected chi connectivity index (χ4v) is 5.01. The van der Waals surface area contributed by atoms with Gasteiger partial charge in [-0.15, -0.1) is 0 Å². The van der Waals surface area contributed by atoms with E-state index in [0.29, 0.717) is 0 Å². The summed E-state index contributed by atoms with van der Waals surface area (Å²) in [6.45, 7) is 7.77. The van der Waals surface area contributed by atoms with E-state index in [-0.39, 0.29) is 0 Å². The highest BCUT2D eigenvalue weighted by atomic mass is 14.9. The van der Waals surface area contributed by atoms with Gasteiger partial charge in [0.25, 0.3) is 0 Å². The second-order valence-electron chi connectivity index (χ2n) is 9.32. The summed E-state index contributed by atoms with van der Waals surface area (Å²) in [5.74, 6) is 0. The van der Waals surface area contributed by atoms with E-state index < -0.39 is 0 Å². The number of nitrogens with one attached hydrogen (secondary N) is 2.